The maximum atomic E-state index is 12.3. The highest BCUT2D eigenvalue weighted by Crippen LogP contribution is 2.38. The molecule has 0 atom stereocenters. The third-order valence-corrected chi connectivity index (χ3v) is 4.51. The lowest BCUT2D eigenvalue weighted by Crippen LogP contribution is -2.31. The summed E-state index contributed by atoms with van der Waals surface area (Å²) in [5.74, 6) is 1.27. The summed E-state index contributed by atoms with van der Waals surface area (Å²) < 4.78 is 26.4. The van der Waals surface area contributed by atoms with E-state index in [1.165, 1.54) is 26.2 Å². The minimum atomic E-state index is -0.530. The van der Waals surface area contributed by atoms with Gasteiger partial charge in [0.1, 0.15) is 5.75 Å². The quantitative estimate of drug-likeness (QED) is 0.506. The fraction of sp³-hybridized carbons (Fsp3) is 0.391. The van der Waals surface area contributed by atoms with Crippen molar-refractivity contribution in [3.8, 4) is 23.0 Å². The smallest absolute Gasteiger partial charge is 0.310 e. The van der Waals surface area contributed by atoms with Crippen LogP contribution < -0.4 is 18.9 Å². The van der Waals surface area contributed by atoms with Crippen LogP contribution in [0.15, 0.2) is 36.4 Å². The van der Waals surface area contributed by atoms with E-state index in [9.17, 15) is 9.59 Å². The van der Waals surface area contributed by atoms with E-state index in [2.05, 4.69) is 0 Å². The zero-order chi connectivity index (χ0) is 22.8. The van der Waals surface area contributed by atoms with Gasteiger partial charge in [0.15, 0.2) is 18.1 Å². The Kier molecular flexibility index (Phi) is 8.99. The normalized spacial score (nSPS) is 10.2. The molecule has 0 heterocycles. The van der Waals surface area contributed by atoms with Crippen molar-refractivity contribution in [1.29, 1.82) is 0 Å². The maximum absolute atomic E-state index is 12.3. The minimum Gasteiger partial charge on any atom is -0.494 e. The van der Waals surface area contributed by atoms with Gasteiger partial charge in [0.25, 0.3) is 5.91 Å². The number of esters is 1. The van der Waals surface area contributed by atoms with E-state index in [1.807, 2.05) is 31.2 Å². The van der Waals surface area contributed by atoms with Crippen LogP contribution in [0.25, 0.3) is 0 Å². The van der Waals surface area contributed by atoms with Crippen LogP contribution in [0, 0.1) is 0 Å². The van der Waals surface area contributed by atoms with Crippen molar-refractivity contribution in [2.75, 3.05) is 41.6 Å². The first-order valence-electron chi connectivity index (χ1n) is 9.82. The first-order valence-corrected chi connectivity index (χ1v) is 9.82. The summed E-state index contributed by atoms with van der Waals surface area (Å²) in [6, 6.07) is 10.8. The number of methoxy groups -OCH3 is 3. The van der Waals surface area contributed by atoms with Gasteiger partial charge in [-0.05, 0) is 42.3 Å². The first kappa shape index (κ1) is 23.9. The molecule has 0 aliphatic carbocycles. The van der Waals surface area contributed by atoms with Gasteiger partial charge in [-0.1, -0.05) is 12.1 Å². The number of rotatable bonds is 11. The highest BCUT2D eigenvalue weighted by molar-refractivity contribution is 5.81. The minimum absolute atomic E-state index is 0.0351. The van der Waals surface area contributed by atoms with Crippen LogP contribution in [0.1, 0.15) is 18.1 Å². The molecular formula is C23H29NO7. The Bertz CT molecular complexity index is 855. The van der Waals surface area contributed by atoms with Crippen LogP contribution in [0.4, 0.5) is 0 Å². The molecule has 0 radical (unpaired) electrons. The summed E-state index contributed by atoms with van der Waals surface area (Å²) in [6.07, 6.45) is -0.0351. The molecule has 0 saturated carbocycles. The van der Waals surface area contributed by atoms with Crippen molar-refractivity contribution < 1.29 is 33.3 Å². The van der Waals surface area contributed by atoms with Crippen LogP contribution in [-0.2, 0) is 27.3 Å². The molecule has 2 aromatic carbocycles. The van der Waals surface area contributed by atoms with E-state index in [0.29, 0.717) is 36.0 Å². The maximum Gasteiger partial charge on any atom is 0.310 e. The lowest BCUT2D eigenvalue weighted by molar-refractivity contribution is -0.151. The van der Waals surface area contributed by atoms with Gasteiger partial charge in [-0.2, -0.15) is 0 Å². The Morgan fingerprint density at radius 1 is 0.903 bits per heavy atom. The number of hydrogen-bond donors (Lipinski definition) is 0. The van der Waals surface area contributed by atoms with E-state index in [1.54, 1.807) is 19.2 Å². The summed E-state index contributed by atoms with van der Waals surface area (Å²) in [4.78, 5) is 26.1. The molecule has 0 aromatic heterocycles. The van der Waals surface area contributed by atoms with Crippen LogP contribution in [0.5, 0.6) is 23.0 Å². The second-order valence-electron chi connectivity index (χ2n) is 6.70. The monoisotopic (exact) mass is 431 g/mol. The van der Waals surface area contributed by atoms with Crippen molar-refractivity contribution >= 4 is 11.9 Å². The van der Waals surface area contributed by atoms with Crippen molar-refractivity contribution in [3.05, 3.63) is 47.5 Å². The van der Waals surface area contributed by atoms with Gasteiger partial charge in [-0.3, -0.25) is 9.59 Å². The molecule has 0 saturated heterocycles. The summed E-state index contributed by atoms with van der Waals surface area (Å²) in [5.41, 5.74) is 1.57. The molecule has 0 aliphatic heterocycles. The lowest BCUT2D eigenvalue weighted by atomic mass is 10.1. The van der Waals surface area contributed by atoms with Crippen molar-refractivity contribution in [3.63, 3.8) is 0 Å². The third kappa shape index (κ3) is 6.80. The Morgan fingerprint density at radius 2 is 1.52 bits per heavy atom. The fourth-order valence-corrected chi connectivity index (χ4v) is 2.93. The molecule has 0 bridgehead atoms. The van der Waals surface area contributed by atoms with Crippen LogP contribution >= 0.6 is 0 Å². The second kappa shape index (κ2) is 11.7. The zero-order valence-electron chi connectivity index (χ0n) is 18.6. The number of carbonyl (C=O) groups excluding carboxylic acids is 2. The molecule has 0 N–H and O–H groups in total. The van der Waals surface area contributed by atoms with Gasteiger partial charge in [0, 0.05) is 13.6 Å². The Hall–Kier alpha value is -3.42. The molecule has 31 heavy (non-hydrogen) atoms. The molecule has 168 valence electrons. The molecule has 1 amide bonds. The number of amides is 1. The van der Waals surface area contributed by atoms with E-state index in [4.69, 9.17) is 23.7 Å². The average Bonchev–Trinajstić information content (AvgIpc) is 2.78. The van der Waals surface area contributed by atoms with Gasteiger partial charge in [-0.25, -0.2) is 0 Å². The molecule has 0 aliphatic rings. The molecule has 0 unspecified atom stereocenters. The lowest BCUT2D eigenvalue weighted by Gasteiger charge is -2.18. The predicted octanol–water partition coefficient (Wildman–Crippen LogP) is 2.86. The molecule has 8 heteroatoms. The van der Waals surface area contributed by atoms with E-state index in [0.717, 1.165) is 11.3 Å². The summed E-state index contributed by atoms with van der Waals surface area (Å²) in [7, 11) is 6.16. The number of benzene rings is 2. The average molecular weight is 431 g/mol. The first-order chi connectivity index (χ1) is 14.9. The van der Waals surface area contributed by atoms with Crippen LogP contribution in [0.3, 0.4) is 0 Å². The Morgan fingerprint density at radius 3 is 2.03 bits per heavy atom. The standard InChI is InChI=1S/C23H29NO7/c1-6-30-18-9-7-16(8-10-18)14-24(2)21(25)15-31-22(26)13-17-11-19(27-3)23(29-5)20(12-17)28-4/h7-12H,6,13-15H2,1-5H3. The Balaban J connectivity index is 1.89. The summed E-state index contributed by atoms with van der Waals surface area (Å²) in [5, 5.41) is 0. The van der Waals surface area contributed by atoms with Gasteiger partial charge >= 0.3 is 5.97 Å². The topological polar surface area (TPSA) is 83.5 Å². The van der Waals surface area contributed by atoms with E-state index in [-0.39, 0.29) is 18.9 Å². The summed E-state index contributed by atoms with van der Waals surface area (Å²) in [6.45, 7) is 2.58. The Labute approximate surface area is 182 Å². The highest BCUT2D eigenvalue weighted by Gasteiger charge is 2.17. The zero-order valence-corrected chi connectivity index (χ0v) is 18.6. The third-order valence-electron chi connectivity index (χ3n) is 4.51. The van der Waals surface area contributed by atoms with Crippen molar-refractivity contribution in [2.24, 2.45) is 0 Å². The molecule has 8 nitrogen and oxygen atoms in total. The molecule has 0 spiro atoms. The fourth-order valence-electron chi connectivity index (χ4n) is 2.93. The second-order valence-corrected chi connectivity index (χ2v) is 6.70. The van der Waals surface area contributed by atoms with Gasteiger partial charge < -0.3 is 28.6 Å². The molecule has 0 fully saturated rings. The van der Waals surface area contributed by atoms with E-state index >= 15 is 0 Å². The van der Waals surface area contributed by atoms with Crippen molar-refractivity contribution in [1.82, 2.24) is 4.90 Å². The van der Waals surface area contributed by atoms with Crippen LogP contribution in [0.2, 0.25) is 0 Å². The van der Waals surface area contributed by atoms with E-state index < -0.39 is 5.97 Å². The van der Waals surface area contributed by atoms with Gasteiger partial charge in [-0.15, -0.1) is 0 Å². The number of carbonyl (C=O) groups is 2. The number of likely N-dealkylation sites (N-methyl/N-ethyl adjacent to an activating group) is 1. The summed E-state index contributed by atoms with van der Waals surface area (Å²) >= 11 is 0. The highest BCUT2D eigenvalue weighted by atomic mass is 16.5. The van der Waals surface area contributed by atoms with Gasteiger partial charge in [0.05, 0.1) is 34.4 Å². The van der Waals surface area contributed by atoms with Crippen molar-refractivity contribution in [2.45, 2.75) is 19.9 Å². The molecule has 2 aromatic rings. The molecular weight excluding hydrogens is 402 g/mol. The van der Waals surface area contributed by atoms with Gasteiger partial charge in [0.2, 0.25) is 5.75 Å². The SMILES string of the molecule is CCOc1ccc(CN(C)C(=O)COC(=O)Cc2cc(OC)c(OC)c(OC)c2)cc1. The largest absolute Gasteiger partial charge is 0.494 e. The number of ether oxygens (including phenoxy) is 5. The predicted molar refractivity (Wildman–Crippen MR) is 115 cm³/mol. The van der Waals surface area contributed by atoms with Crippen LogP contribution in [-0.4, -0.2) is 58.4 Å². The molecule has 2 rings (SSSR count). The number of hydrogen-bond acceptors (Lipinski definition) is 7. The number of nitrogens with zero attached hydrogens (tertiary/aromatic N) is 1.